The largest absolute Gasteiger partial charge is 0.388 e. The molecule has 4 heteroatoms. The van der Waals surface area contributed by atoms with Gasteiger partial charge in [-0.05, 0) is 36.3 Å². The van der Waals surface area contributed by atoms with E-state index in [-0.39, 0.29) is 0 Å². The summed E-state index contributed by atoms with van der Waals surface area (Å²) in [7, 11) is 1.88. The molecule has 0 bridgehead atoms. The number of aliphatic hydroxyl groups is 1. The third-order valence-electron chi connectivity index (χ3n) is 4.23. The minimum Gasteiger partial charge on any atom is -0.388 e. The average molecular weight is 305 g/mol. The van der Waals surface area contributed by atoms with Crippen molar-refractivity contribution in [3.8, 4) is 0 Å². The molecule has 2 aromatic rings. The van der Waals surface area contributed by atoms with Gasteiger partial charge in [0.15, 0.2) is 0 Å². The van der Waals surface area contributed by atoms with Gasteiger partial charge in [-0.2, -0.15) is 5.10 Å². The van der Waals surface area contributed by atoms with Gasteiger partial charge in [-0.1, -0.05) is 42.8 Å². The lowest BCUT2D eigenvalue weighted by atomic mass is 10.0. The maximum absolute atomic E-state index is 10.5. The first kappa shape index (κ1) is 14.6. The molecule has 112 valence electrons. The highest BCUT2D eigenvalue weighted by Gasteiger charge is 2.24. The number of aromatic nitrogens is 2. The van der Waals surface area contributed by atoms with Crippen LogP contribution in [0.5, 0.6) is 0 Å². The van der Waals surface area contributed by atoms with Crippen LogP contribution in [-0.2, 0) is 19.9 Å². The van der Waals surface area contributed by atoms with Crippen molar-refractivity contribution < 1.29 is 5.11 Å². The third kappa shape index (κ3) is 2.99. The van der Waals surface area contributed by atoms with Crippen molar-refractivity contribution in [1.29, 1.82) is 0 Å². The molecular weight excluding hydrogens is 284 g/mol. The summed E-state index contributed by atoms with van der Waals surface area (Å²) in [6.07, 6.45) is 3.30. The molecule has 1 atom stereocenters. The van der Waals surface area contributed by atoms with Crippen molar-refractivity contribution in [3.05, 3.63) is 51.8 Å². The second-order valence-electron chi connectivity index (χ2n) is 5.85. The van der Waals surface area contributed by atoms with Gasteiger partial charge in [0.05, 0.1) is 22.5 Å². The van der Waals surface area contributed by atoms with Crippen LogP contribution < -0.4 is 0 Å². The van der Waals surface area contributed by atoms with Crippen molar-refractivity contribution >= 4 is 11.6 Å². The zero-order valence-electron chi connectivity index (χ0n) is 12.5. The van der Waals surface area contributed by atoms with E-state index in [1.54, 1.807) is 4.68 Å². The molecule has 1 unspecified atom stereocenters. The summed E-state index contributed by atoms with van der Waals surface area (Å²) in [5, 5.41) is 15.6. The Morgan fingerprint density at radius 1 is 1.43 bits per heavy atom. The predicted molar refractivity (Wildman–Crippen MR) is 84.7 cm³/mol. The minimum atomic E-state index is -0.540. The second kappa shape index (κ2) is 5.82. The molecule has 21 heavy (non-hydrogen) atoms. The molecule has 0 radical (unpaired) electrons. The topological polar surface area (TPSA) is 38.0 Å². The number of hydrogen-bond acceptors (Lipinski definition) is 2. The lowest BCUT2D eigenvalue weighted by Gasteiger charge is -2.13. The van der Waals surface area contributed by atoms with E-state index in [1.807, 2.05) is 26.1 Å². The van der Waals surface area contributed by atoms with Gasteiger partial charge in [-0.3, -0.25) is 4.68 Å². The van der Waals surface area contributed by atoms with Crippen molar-refractivity contribution in [2.45, 2.75) is 44.6 Å². The van der Waals surface area contributed by atoms with Gasteiger partial charge >= 0.3 is 0 Å². The van der Waals surface area contributed by atoms with Gasteiger partial charge < -0.3 is 5.11 Å². The van der Waals surface area contributed by atoms with Crippen LogP contribution in [0.2, 0.25) is 5.02 Å². The summed E-state index contributed by atoms with van der Waals surface area (Å²) < 4.78 is 1.79. The zero-order valence-corrected chi connectivity index (χ0v) is 13.3. The Bertz CT molecular complexity index is 646. The highest BCUT2D eigenvalue weighted by molar-refractivity contribution is 6.31. The first-order valence-corrected chi connectivity index (χ1v) is 7.96. The van der Waals surface area contributed by atoms with E-state index in [2.05, 4.69) is 17.2 Å². The van der Waals surface area contributed by atoms with E-state index in [0.717, 1.165) is 23.4 Å². The number of halogens is 1. The van der Waals surface area contributed by atoms with E-state index in [9.17, 15) is 5.11 Å². The van der Waals surface area contributed by atoms with Crippen molar-refractivity contribution in [1.82, 2.24) is 9.78 Å². The summed E-state index contributed by atoms with van der Waals surface area (Å²) in [5.41, 5.74) is 4.11. The van der Waals surface area contributed by atoms with Crippen LogP contribution in [-0.4, -0.2) is 14.9 Å². The Morgan fingerprint density at radius 3 is 2.81 bits per heavy atom. The summed E-state index contributed by atoms with van der Waals surface area (Å²) in [5.74, 6) is 0.698. The average Bonchev–Trinajstić information content (AvgIpc) is 3.30. The van der Waals surface area contributed by atoms with Crippen LogP contribution in [0.1, 0.15) is 54.3 Å². The normalized spacial score (nSPS) is 16.2. The number of hydrogen-bond donors (Lipinski definition) is 1. The number of aryl methyl sites for hydroxylation is 2. The fraction of sp³-hybridized carbons (Fsp3) is 0.471. The van der Waals surface area contributed by atoms with Gasteiger partial charge in [0.1, 0.15) is 0 Å². The summed E-state index contributed by atoms with van der Waals surface area (Å²) in [6.45, 7) is 2.04. The number of aliphatic hydroxyl groups excluding tert-OH is 1. The highest BCUT2D eigenvalue weighted by atomic mass is 35.5. The molecule has 0 amide bonds. The molecule has 1 aromatic heterocycles. The second-order valence-corrected chi connectivity index (χ2v) is 6.23. The van der Waals surface area contributed by atoms with Gasteiger partial charge in [0, 0.05) is 13.5 Å². The number of rotatable bonds is 5. The van der Waals surface area contributed by atoms with Gasteiger partial charge in [-0.25, -0.2) is 0 Å². The summed E-state index contributed by atoms with van der Waals surface area (Å²) in [4.78, 5) is 0. The minimum absolute atomic E-state index is 0.496. The molecule has 1 fully saturated rings. The van der Waals surface area contributed by atoms with Crippen molar-refractivity contribution in [2.24, 2.45) is 7.05 Å². The Kier molecular flexibility index (Phi) is 4.05. The molecule has 1 saturated carbocycles. The van der Waals surface area contributed by atoms with Gasteiger partial charge in [-0.15, -0.1) is 0 Å². The maximum Gasteiger partial charge on any atom is 0.0850 e. The van der Waals surface area contributed by atoms with Crippen LogP contribution in [0.3, 0.4) is 0 Å². The Hall–Kier alpha value is -1.32. The Balaban J connectivity index is 1.81. The van der Waals surface area contributed by atoms with E-state index in [1.165, 1.54) is 18.4 Å². The molecule has 1 aliphatic carbocycles. The van der Waals surface area contributed by atoms with E-state index in [4.69, 9.17) is 11.6 Å². The molecule has 3 rings (SSSR count). The monoisotopic (exact) mass is 304 g/mol. The van der Waals surface area contributed by atoms with Gasteiger partial charge in [0.2, 0.25) is 0 Å². The van der Waals surface area contributed by atoms with Gasteiger partial charge in [0.25, 0.3) is 0 Å². The maximum atomic E-state index is 10.5. The molecule has 1 N–H and O–H groups in total. The standard InChI is InChI=1S/C17H21ClN2O/c1-3-14-17(18)15(20(2)19-14)10-16(21)13-6-4-5-12(9-13)11-7-8-11/h4-6,9,11,16,21H,3,7-8,10H2,1-2H3. The lowest BCUT2D eigenvalue weighted by molar-refractivity contribution is 0.175. The Labute approximate surface area is 130 Å². The quantitative estimate of drug-likeness (QED) is 0.912. The molecule has 0 saturated heterocycles. The fourth-order valence-electron chi connectivity index (χ4n) is 2.78. The van der Waals surface area contributed by atoms with E-state index >= 15 is 0 Å². The van der Waals surface area contributed by atoms with Crippen LogP contribution in [0.4, 0.5) is 0 Å². The summed E-state index contributed by atoms with van der Waals surface area (Å²) >= 11 is 6.36. The number of nitrogens with zero attached hydrogens (tertiary/aromatic N) is 2. The van der Waals surface area contributed by atoms with E-state index in [0.29, 0.717) is 17.4 Å². The van der Waals surface area contributed by atoms with E-state index < -0.39 is 6.10 Å². The molecule has 0 spiro atoms. The highest BCUT2D eigenvalue weighted by Crippen LogP contribution is 2.40. The van der Waals surface area contributed by atoms with Crippen LogP contribution in [0.25, 0.3) is 0 Å². The molecule has 1 aromatic carbocycles. The molecular formula is C17H21ClN2O. The fourth-order valence-corrected chi connectivity index (χ4v) is 3.15. The van der Waals surface area contributed by atoms with Crippen LogP contribution in [0.15, 0.2) is 24.3 Å². The third-order valence-corrected chi connectivity index (χ3v) is 4.67. The first-order valence-electron chi connectivity index (χ1n) is 7.58. The van der Waals surface area contributed by atoms with Crippen LogP contribution >= 0.6 is 11.6 Å². The molecule has 1 aliphatic rings. The zero-order chi connectivity index (χ0) is 15.0. The SMILES string of the molecule is CCc1nn(C)c(CC(O)c2cccc(C3CC3)c2)c1Cl. The lowest BCUT2D eigenvalue weighted by Crippen LogP contribution is -2.07. The van der Waals surface area contributed by atoms with Crippen molar-refractivity contribution in [2.75, 3.05) is 0 Å². The van der Waals surface area contributed by atoms with Crippen LogP contribution in [0, 0.1) is 0 Å². The first-order chi connectivity index (χ1) is 10.1. The Morgan fingerprint density at radius 2 is 2.19 bits per heavy atom. The number of benzene rings is 1. The summed E-state index contributed by atoms with van der Waals surface area (Å²) in [6, 6.07) is 8.31. The smallest absolute Gasteiger partial charge is 0.0850 e. The predicted octanol–water partition coefficient (Wildman–Crippen LogP) is 3.79. The molecule has 3 nitrogen and oxygen atoms in total. The molecule has 0 aliphatic heterocycles. The molecule has 1 heterocycles. The van der Waals surface area contributed by atoms with Crippen molar-refractivity contribution in [3.63, 3.8) is 0 Å².